The standard InChI is InChI=1S/C21H26N4O4/c26-18(22-8-11-24-9-4-12-29-20(24)28)16-13-14-5-3-10-25(14)21(16)15-6-1-2-7-17(15)23-19(21)27/h1-2,6-7,14,16H,3-5,8-13H2,(H,22,26)(H,23,27)/t14-,16+,21+/m1/s1. The number of ether oxygens (including phenoxy) is 1. The summed E-state index contributed by atoms with van der Waals surface area (Å²) in [5, 5.41) is 6.00. The summed E-state index contributed by atoms with van der Waals surface area (Å²) in [5.74, 6) is -0.649. The molecule has 0 unspecified atom stereocenters. The third-order valence-corrected chi connectivity index (χ3v) is 6.83. The number of hydrogen-bond donors (Lipinski definition) is 2. The van der Waals surface area contributed by atoms with Gasteiger partial charge in [0.2, 0.25) is 11.8 Å². The van der Waals surface area contributed by atoms with Crippen molar-refractivity contribution in [3.05, 3.63) is 29.8 Å². The highest BCUT2D eigenvalue weighted by Crippen LogP contribution is 2.55. The molecule has 29 heavy (non-hydrogen) atoms. The van der Waals surface area contributed by atoms with Crippen LogP contribution in [0.1, 0.15) is 31.2 Å². The third kappa shape index (κ3) is 2.73. The van der Waals surface area contributed by atoms with Gasteiger partial charge in [-0.1, -0.05) is 18.2 Å². The molecule has 0 saturated carbocycles. The zero-order chi connectivity index (χ0) is 20.0. The second-order valence-corrected chi connectivity index (χ2v) is 8.29. The van der Waals surface area contributed by atoms with Gasteiger partial charge >= 0.3 is 6.09 Å². The fourth-order valence-corrected chi connectivity index (χ4v) is 5.62. The summed E-state index contributed by atoms with van der Waals surface area (Å²) in [4.78, 5) is 42.2. The van der Waals surface area contributed by atoms with Gasteiger partial charge in [0.25, 0.3) is 0 Å². The summed E-state index contributed by atoms with van der Waals surface area (Å²) in [7, 11) is 0. The first kappa shape index (κ1) is 18.4. The van der Waals surface area contributed by atoms with E-state index in [1.54, 1.807) is 4.90 Å². The first-order valence-corrected chi connectivity index (χ1v) is 10.5. The molecule has 1 aromatic carbocycles. The molecule has 2 N–H and O–H groups in total. The van der Waals surface area contributed by atoms with Crippen molar-refractivity contribution < 1.29 is 19.1 Å². The van der Waals surface area contributed by atoms with E-state index in [2.05, 4.69) is 15.5 Å². The lowest BCUT2D eigenvalue weighted by atomic mass is 9.78. The molecular weight excluding hydrogens is 372 g/mol. The molecule has 4 heterocycles. The van der Waals surface area contributed by atoms with Crippen LogP contribution in [0.15, 0.2) is 24.3 Å². The van der Waals surface area contributed by atoms with E-state index in [9.17, 15) is 14.4 Å². The number of anilines is 1. The van der Waals surface area contributed by atoms with Crippen molar-refractivity contribution >= 4 is 23.6 Å². The Balaban J connectivity index is 1.37. The molecule has 0 radical (unpaired) electrons. The van der Waals surface area contributed by atoms with E-state index >= 15 is 0 Å². The highest BCUT2D eigenvalue weighted by Gasteiger charge is 2.65. The Hall–Kier alpha value is -2.61. The monoisotopic (exact) mass is 398 g/mol. The smallest absolute Gasteiger partial charge is 0.409 e. The first-order valence-electron chi connectivity index (χ1n) is 10.5. The van der Waals surface area contributed by atoms with Crippen molar-refractivity contribution in [1.29, 1.82) is 0 Å². The van der Waals surface area contributed by atoms with Gasteiger partial charge in [-0.25, -0.2) is 4.79 Å². The van der Waals surface area contributed by atoms with Crippen LogP contribution in [0, 0.1) is 5.92 Å². The molecule has 0 aromatic heterocycles. The Bertz CT molecular complexity index is 859. The summed E-state index contributed by atoms with van der Waals surface area (Å²) >= 11 is 0. The topological polar surface area (TPSA) is 91.0 Å². The molecular formula is C21H26N4O4. The zero-order valence-electron chi connectivity index (χ0n) is 16.4. The summed E-state index contributed by atoms with van der Waals surface area (Å²) in [5.41, 5.74) is 0.791. The lowest BCUT2D eigenvalue weighted by Crippen LogP contribution is -2.54. The SMILES string of the molecule is O=C(NCCN1CCCOC1=O)[C@@H]1C[C@H]2CCCN2[C@]12C(=O)Nc1ccccc12. The fraction of sp³-hybridized carbons (Fsp3) is 0.571. The number of rotatable bonds is 4. The molecule has 3 saturated heterocycles. The van der Waals surface area contributed by atoms with Crippen LogP contribution in [0.3, 0.4) is 0 Å². The normalized spacial score (nSPS) is 30.8. The van der Waals surface area contributed by atoms with Crippen molar-refractivity contribution in [2.45, 2.75) is 37.3 Å². The lowest BCUT2D eigenvalue weighted by molar-refractivity contribution is -0.137. The van der Waals surface area contributed by atoms with Crippen LogP contribution in [0.2, 0.25) is 0 Å². The second-order valence-electron chi connectivity index (χ2n) is 8.29. The van der Waals surface area contributed by atoms with E-state index in [4.69, 9.17) is 4.74 Å². The van der Waals surface area contributed by atoms with Gasteiger partial charge in [-0.2, -0.15) is 0 Å². The van der Waals surface area contributed by atoms with E-state index in [0.717, 1.165) is 37.1 Å². The number of carbonyl (C=O) groups excluding carboxylic acids is 3. The van der Waals surface area contributed by atoms with Crippen LogP contribution >= 0.6 is 0 Å². The van der Waals surface area contributed by atoms with Crippen molar-refractivity contribution in [2.24, 2.45) is 5.92 Å². The molecule has 8 nitrogen and oxygen atoms in total. The van der Waals surface area contributed by atoms with Crippen molar-refractivity contribution in [1.82, 2.24) is 15.1 Å². The van der Waals surface area contributed by atoms with Gasteiger partial charge in [0, 0.05) is 36.9 Å². The van der Waals surface area contributed by atoms with E-state index < -0.39 is 11.5 Å². The van der Waals surface area contributed by atoms with Crippen molar-refractivity contribution in [3.63, 3.8) is 0 Å². The maximum atomic E-state index is 13.3. The molecule has 3 fully saturated rings. The molecule has 0 aliphatic carbocycles. The van der Waals surface area contributed by atoms with Crippen LogP contribution in [-0.2, 0) is 19.9 Å². The molecule has 0 bridgehead atoms. The van der Waals surface area contributed by atoms with E-state index in [0.29, 0.717) is 32.7 Å². The predicted octanol–water partition coefficient (Wildman–Crippen LogP) is 1.28. The van der Waals surface area contributed by atoms with Gasteiger partial charge in [-0.3, -0.25) is 14.5 Å². The molecule has 3 atom stereocenters. The molecule has 1 aromatic rings. The zero-order valence-corrected chi connectivity index (χ0v) is 16.4. The predicted molar refractivity (Wildman–Crippen MR) is 105 cm³/mol. The summed E-state index contributed by atoms with van der Waals surface area (Å²) in [6.07, 6.45) is 3.22. The van der Waals surface area contributed by atoms with Crippen molar-refractivity contribution in [2.75, 3.05) is 38.1 Å². The van der Waals surface area contributed by atoms with Gasteiger partial charge in [-0.15, -0.1) is 0 Å². The van der Waals surface area contributed by atoms with E-state index in [1.165, 1.54) is 0 Å². The summed E-state index contributed by atoms with van der Waals surface area (Å²) < 4.78 is 5.04. The van der Waals surface area contributed by atoms with Crippen LogP contribution in [0.25, 0.3) is 0 Å². The number of para-hydroxylation sites is 1. The fourth-order valence-electron chi connectivity index (χ4n) is 5.62. The molecule has 1 spiro atoms. The number of nitrogens with one attached hydrogen (secondary N) is 2. The molecule has 4 aliphatic rings. The highest BCUT2D eigenvalue weighted by molar-refractivity contribution is 6.09. The van der Waals surface area contributed by atoms with Gasteiger partial charge in [0.05, 0.1) is 12.5 Å². The first-order chi connectivity index (χ1) is 14.1. The number of nitrogens with zero attached hydrogens (tertiary/aromatic N) is 2. The average Bonchev–Trinajstić information content (AvgIpc) is 3.38. The lowest BCUT2D eigenvalue weighted by Gasteiger charge is -2.36. The number of benzene rings is 1. The van der Waals surface area contributed by atoms with Crippen LogP contribution in [-0.4, -0.2) is 66.5 Å². The maximum Gasteiger partial charge on any atom is 0.409 e. The summed E-state index contributed by atoms with van der Waals surface area (Å²) in [6, 6.07) is 7.96. The van der Waals surface area contributed by atoms with Crippen LogP contribution < -0.4 is 10.6 Å². The van der Waals surface area contributed by atoms with Crippen LogP contribution in [0.5, 0.6) is 0 Å². The largest absolute Gasteiger partial charge is 0.449 e. The average molecular weight is 398 g/mol. The Labute approximate surface area is 169 Å². The number of amides is 3. The number of hydrogen-bond acceptors (Lipinski definition) is 5. The molecule has 4 aliphatic heterocycles. The second kappa shape index (κ2) is 7.02. The highest BCUT2D eigenvalue weighted by atomic mass is 16.6. The Kier molecular flexibility index (Phi) is 4.46. The van der Waals surface area contributed by atoms with Gasteiger partial charge in [0.1, 0.15) is 5.54 Å². The van der Waals surface area contributed by atoms with Gasteiger partial charge < -0.3 is 20.3 Å². The van der Waals surface area contributed by atoms with Crippen LogP contribution in [0.4, 0.5) is 10.5 Å². The molecule has 154 valence electrons. The van der Waals surface area contributed by atoms with Gasteiger partial charge in [0.15, 0.2) is 0 Å². The van der Waals surface area contributed by atoms with Crippen molar-refractivity contribution in [3.8, 4) is 0 Å². The quantitative estimate of drug-likeness (QED) is 0.797. The minimum Gasteiger partial charge on any atom is -0.449 e. The number of fused-ring (bicyclic) bond motifs is 4. The maximum absolute atomic E-state index is 13.3. The van der Waals surface area contributed by atoms with Gasteiger partial charge in [-0.05, 0) is 38.3 Å². The number of cyclic esters (lactones) is 1. The minimum atomic E-state index is -0.925. The van der Waals surface area contributed by atoms with E-state index in [-0.39, 0.29) is 23.9 Å². The number of carbonyl (C=O) groups is 3. The molecule has 3 amide bonds. The summed E-state index contributed by atoms with van der Waals surface area (Å²) in [6.45, 7) is 2.70. The van der Waals surface area contributed by atoms with E-state index in [1.807, 2.05) is 24.3 Å². The minimum absolute atomic E-state index is 0.0946. The Morgan fingerprint density at radius 1 is 1.24 bits per heavy atom. The third-order valence-electron chi connectivity index (χ3n) is 6.83. The Morgan fingerprint density at radius 3 is 2.97 bits per heavy atom. The Morgan fingerprint density at radius 2 is 2.10 bits per heavy atom. The molecule has 5 rings (SSSR count). The molecule has 8 heteroatoms.